The highest BCUT2D eigenvalue weighted by Crippen LogP contribution is 2.32. The number of para-hydroxylation sites is 2. The fourth-order valence-electron chi connectivity index (χ4n) is 3.44. The van der Waals surface area contributed by atoms with Gasteiger partial charge >= 0.3 is 0 Å². The normalized spacial score (nSPS) is 14.7. The molecule has 2 N–H and O–H groups in total. The molecule has 3 heterocycles. The van der Waals surface area contributed by atoms with Gasteiger partial charge in [-0.3, -0.25) is 9.78 Å². The van der Waals surface area contributed by atoms with Gasteiger partial charge in [-0.1, -0.05) is 30.3 Å². The fraction of sp³-hybridized carbons (Fsp3) is 0. The van der Waals surface area contributed by atoms with Gasteiger partial charge in [0, 0.05) is 23.3 Å². The maximum atomic E-state index is 13.4. The van der Waals surface area contributed by atoms with Crippen molar-refractivity contribution in [3.05, 3.63) is 94.5 Å². The van der Waals surface area contributed by atoms with E-state index >= 15 is 0 Å². The molecule has 2 aromatic heterocycles. The molecular weight excluding hydrogens is 430 g/mol. The lowest BCUT2D eigenvalue weighted by atomic mass is 10.1. The SMILES string of the molecule is O=c1c(C2=NS(=O)(=O)c3ccccc3N2)c(O)c2ccccc2n1/N=C/c1cccnc1. The Morgan fingerprint density at radius 3 is 2.62 bits per heavy atom. The minimum absolute atomic E-state index is 0.0149. The first kappa shape index (κ1) is 19.6. The molecule has 0 saturated heterocycles. The molecule has 1 aliphatic rings. The van der Waals surface area contributed by atoms with Crippen LogP contribution in [0.5, 0.6) is 5.75 Å². The van der Waals surface area contributed by atoms with Crippen molar-refractivity contribution in [1.29, 1.82) is 0 Å². The molecule has 10 heteroatoms. The van der Waals surface area contributed by atoms with Gasteiger partial charge in [-0.25, -0.2) is 0 Å². The number of rotatable bonds is 3. The van der Waals surface area contributed by atoms with Crippen LogP contribution in [-0.2, 0) is 10.0 Å². The van der Waals surface area contributed by atoms with Crippen LogP contribution in [0.2, 0.25) is 0 Å². The number of benzene rings is 2. The quantitative estimate of drug-likeness (QED) is 0.467. The lowest BCUT2D eigenvalue weighted by molar-refractivity contribution is 0.478. The molecule has 0 spiro atoms. The predicted octanol–water partition coefficient (Wildman–Crippen LogP) is 2.55. The third-order valence-corrected chi connectivity index (χ3v) is 6.24. The van der Waals surface area contributed by atoms with E-state index in [0.717, 1.165) is 4.68 Å². The molecule has 4 aromatic rings. The fourth-order valence-corrected chi connectivity index (χ4v) is 4.56. The van der Waals surface area contributed by atoms with Crippen LogP contribution in [0.25, 0.3) is 10.9 Å². The van der Waals surface area contributed by atoms with Gasteiger partial charge in [0.25, 0.3) is 15.6 Å². The summed E-state index contributed by atoms with van der Waals surface area (Å²) >= 11 is 0. The number of amidine groups is 1. The van der Waals surface area contributed by atoms with E-state index in [-0.39, 0.29) is 27.7 Å². The summed E-state index contributed by atoms with van der Waals surface area (Å²) in [5, 5.41) is 18.4. The van der Waals surface area contributed by atoms with E-state index in [2.05, 4.69) is 19.8 Å². The highest BCUT2D eigenvalue weighted by Gasteiger charge is 2.29. The molecule has 9 nitrogen and oxygen atoms in total. The van der Waals surface area contributed by atoms with Crippen molar-refractivity contribution in [1.82, 2.24) is 9.66 Å². The molecule has 0 amide bonds. The number of hydrogen-bond donors (Lipinski definition) is 2. The molecule has 0 radical (unpaired) electrons. The smallest absolute Gasteiger partial charge is 0.286 e. The van der Waals surface area contributed by atoms with Gasteiger partial charge in [0.05, 0.1) is 17.4 Å². The molecule has 32 heavy (non-hydrogen) atoms. The average Bonchev–Trinajstić information content (AvgIpc) is 2.79. The van der Waals surface area contributed by atoms with Gasteiger partial charge in [-0.15, -0.1) is 4.40 Å². The van der Waals surface area contributed by atoms with Gasteiger partial charge < -0.3 is 10.4 Å². The lowest BCUT2D eigenvalue weighted by Crippen LogP contribution is -2.31. The van der Waals surface area contributed by atoms with Crippen LogP contribution in [-0.4, -0.2) is 35.2 Å². The Morgan fingerprint density at radius 2 is 1.81 bits per heavy atom. The van der Waals surface area contributed by atoms with Gasteiger partial charge in [0.2, 0.25) is 0 Å². The van der Waals surface area contributed by atoms with E-state index in [1.54, 1.807) is 67.0 Å². The molecule has 0 saturated carbocycles. The van der Waals surface area contributed by atoms with Crippen molar-refractivity contribution >= 4 is 38.7 Å². The van der Waals surface area contributed by atoms with Crippen LogP contribution >= 0.6 is 0 Å². The zero-order valence-electron chi connectivity index (χ0n) is 16.4. The summed E-state index contributed by atoms with van der Waals surface area (Å²) in [4.78, 5) is 17.4. The first-order valence-corrected chi connectivity index (χ1v) is 10.9. The van der Waals surface area contributed by atoms with Crippen LogP contribution < -0.4 is 10.9 Å². The Bertz CT molecular complexity index is 1590. The number of hydrogen-bond acceptors (Lipinski definition) is 7. The van der Waals surface area contributed by atoms with Gasteiger partial charge in [0.1, 0.15) is 16.2 Å². The van der Waals surface area contributed by atoms with Gasteiger partial charge in [-0.2, -0.15) is 18.2 Å². The largest absolute Gasteiger partial charge is 0.506 e. The summed E-state index contributed by atoms with van der Waals surface area (Å²) in [6.07, 6.45) is 4.64. The van der Waals surface area contributed by atoms with E-state index in [4.69, 9.17) is 0 Å². The van der Waals surface area contributed by atoms with Crippen LogP contribution in [0.15, 0.2) is 92.2 Å². The molecule has 1 aliphatic heterocycles. The Morgan fingerprint density at radius 1 is 1.03 bits per heavy atom. The van der Waals surface area contributed by atoms with Crippen LogP contribution in [0.3, 0.4) is 0 Å². The minimum Gasteiger partial charge on any atom is -0.506 e. The first-order chi connectivity index (χ1) is 15.5. The van der Waals surface area contributed by atoms with Crippen LogP contribution in [0.4, 0.5) is 5.69 Å². The molecule has 5 rings (SSSR count). The summed E-state index contributed by atoms with van der Waals surface area (Å²) < 4.78 is 30.2. The van der Waals surface area contributed by atoms with Crippen molar-refractivity contribution in [3.63, 3.8) is 0 Å². The maximum Gasteiger partial charge on any atom is 0.286 e. The summed E-state index contributed by atoms with van der Waals surface area (Å²) in [7, 11) is -4.07. The predicted molar refractivity (Wildman–Crippen MR) is 121 cm³/mol. The number of aromatic hydroxyl groups is 1. The number of nitrogens with one attached hydrogen (secondary N) is 1. The van der Waals surface area contributed by atoms with Crippen LogP contribution in [0, 0.1) is 0 Å². The summed E-state index contributed by atoms with van der Waals surface area (Å²) in [5.41, 5.74) is 0.225. The molecule has 0 fully saturated rings. The summed E-state index contributed by atoms with van der Waals surface area (Å²) in [6.45, 7) is 0. The maximum absolute atomic E-state index is 13.4. The number of nitrogens with zero attached hydrogens (tertiary/aromatic N) is 4. The van der Waals surface area contributed by atoms with E-state index < -0.39 is 15.6 Å². The van der Waals surface area contributed by atoms with E-state index in [0.29, 0.717) is 16.5 Å². The Labute approximate surface area is 182 Å². The lowest BCUT2D eigenvalue weighted by Gasteiger charge is -2.19. The molecule has 158 valence electrons. The number of sulfonamides is 1. The van der Waals surface area contributed by atoms with E-state index in [9.17, 15) is 18.3 Å². The highest BCUT2D eigenvalue weighted by molar-refractivity contribution is 7.90. The first-order valence-electron chi connectivity index (χ1n) is 9.48. The zero-order chi connectivity index (χ0) is 22.3. The summed E-state index contributed by atoms with van der Waals surface area (Å²) in [6, 6.07) is 16.3. The van der Waals surface area contributed by atoms with Gasteiger partial charge in [0.15, 0.2) is 5.84 Å². The highest BCUT2D eigenvalue weighted by atomic mass is 32.2. The van der Waals surface area contributed by atoms with Crippen molar-refractivity contribution < 1.29 is 13.5 Å². The second-order valence-corrected chi connectivity index (χ2v) is 8.50. The number of anilines is 1. The third-order valence-electron chi connectivity index (χ3n) is 4.90. The Kier molecular flexibility index (Phi) is 4.56. The second kappa shape index (κ2) is 7.43. The monoisotopic (exact) mass is 445 g/mol. The Balaban J connectivity index is 1.76. The molecule has 0 bridgehead atoms. The minimum atomic E-state index is -4.07. The second-order valence-electron chi connectivity index (χ2n) is 6.92. The molecule has 0 unspecified atom stereocenters. The van der Waals surface area contributed by atoms with Crippen molar-refractivity contribution in [2.75, 3.05) is 5.32 Å². The van der Waals surface area contributed by atoms with Gasteiger partial charge in [-0.05, 0) is 30.3 Å². The van der Waals surface area contributed by atoms with E-state index in [1.807, 2.05) is 0 Å². The molecule has 0 atom stereocenters. The topological polar surface area (TPSA) is 126 Å². The standard InChI is InChI=1S/C22H15N5O4S/c28-20-15-7-1-3-9-17(15)27(24-13-14-6-5-11-23-12-14)22(29)19(20)21-25-16-8-2-4-10-18(16)32(30,31)26-21/h1-13,28H,(H,25,26)/b24-13+. The molecular formula is C22H15N5O4S. The zero-order valence-corrected chi connectivity index (χ0v) is 17.2. The average molecular weight is 445 g/mol. The summed E-state index contributed by atoms with van der Waals surface area (Å²) in [5.74, 6) is -0.665. The van der Waals surface area contributed by atoms with Crippen LogP contribution in [0.1, 0.15) is 11.1 Å². The molecule has 2 aromatic carbocycles. The molecule has 0 aliphatic carbocycles. The van der Waals surface area contributed by atoms with Crippen molar-refractivity contribution in [2.45, 2.75) is 4.90 Å². The van der Waals surface area contributed by atoms with Crippen molar-refractivity contribution in [2.24, 2.45) is 9.50 Å². The van der Waals surface area contributed by atoms with E-state index in [1.165, 1.54) is 12.3 Å². The number of aromatic nitrogens is 2. The van der Waals surface area contributed by atoms with Crippen molar-refractivity contribution in [3.8, 4) is 5.75 Å². The third kappa shape index (κ3) is 3.22. The number of pyridine rings is 2. The number of fused-ring (bicyclic) bond motifs is 2. The Hall–Kier alpha value is -4.31.